The SMILES string of the molecule is CCCC(NC(=O)c1ccc([N+](=O)[O-])c(O)c1)C(=O)O. The molecule has 1 atom stereocenters. The molecule has 0 aliphatic rings. The van der Waals surface area contributed by atoms with Gasteiger partial charge in [-0.2, -0.15) is 0 Å². The van der Waals surface area contributed by atoms with Gasteiger partial charge >= 0.3 is 11.7 Å². The predicted octanol–water partition coefficient (Wildman–Crippen LogP) is 1.28. The molecule has 1 aromatic carbocycles. The summed E-state index contributed by atoms with van der Waals surface area (Å²) < 4.78 is 0. The van der Waals surface area contributed by atoms with E-state index in [9.17, 15) is 24.8 Å². The first kappa shape index (κ1) is 15.4. The van der Waals surface area contributed by atoms with Crippen LogP contribution in [0.5, 0.6) is 5.75 Å². The average Bonchev–Trinajstić information content (AvgIpc) is 2.37. The third-order valence-electron chi connectivity index (χ3n) is 2.62. The second-order valence-electron chi connectivity index (χ2n) is 4.11. The minimum Gasteiger partial charge on any atom is -0.502 e. The van der Waals surface area contributed by atoms with Gasteiger partial charge in [0.25, 0.3) is 5.91 Å². The van der Waals surface area contributed by atoms with Crippen molar-refractivity contribution in [3.63, 3.8) is 0 Å². The first-order valence-corrected chi connectivity index (χ1v) is 5.87. The highest BCUT2D eigenvalue weighted by Crippen LogP contribution is 2.26. The summed E-state index contributed by atoms with van der Waals surface area (Å²) in [7, 11) is 0. The third-order valence-corrected chi connectivity index (χ3v) is 2.62. The molecular formula is C12H14N2O6. The Morgan fingerprint density at radius 1 is 1.45 bits per heavy atom. The summed E-state index contributed by atoms with van der Waals surface area (Å²) in [5.74, 6) is -2.52. The van der Waals surface area contributed by atoms with E-state index in [0.29, 0.717) is 6.42 Å². The zero-order chi connectivity index (χ0) is 15.3. The molecule has 0 radical (unpaired) electrons. The molecule has 0 bridgehead atoms. The molecule has 0 fully saturated rings. The van der Waals surface area contributed by atoms with Crippen LogP contribution in [0.25, 0.3) is 0 Å². The minimum atomic E-state index is -1.16. The third kappa shape index (κ3) is 3.67. The number of nitrogens with one attached hydrogen (secondary N) is 1. The number of nitrogens with zero attached hydrogens (tertiary/aromatic N) is 1. The summed E-state index contributed by atoms with van der Waals surface area (Å²) in [6, 6.07) is 2.03. The van der Waals surface area contributed by atoms with Crippen LogP contribution < -0.4 is 5.32 Å². The number of carboxylic acids is 1. The lowest BCUT2D eigenvalue weighted by molar-refractivity contribution is -0.385. The van der Waals surface area contributed by atoms with Gasteiger partial charge in [-0.1, -0.05) is 13.3 Å². The summed E-state index contributed by atoms with van der Waals surface area (Å²) in [4.78, 5) is 32.5. The normalized spacial score (nSPS) is 11.7. The van der Waals surface area contributed by atoms with E-state index in [1.807, 2.05) is 0 Å². The maximum absolute atomic E-state index is 11.8. The van der Waals surface area contributed by atoms with Crippen molar-refractivity contribution in [2.45, 2.75) is 25.8 Å². The number of aromatic hydroxyl groups is 1. The molecule has 1 amide bonds. The van der Waals surface area contributed by atoms with Crippen molar-refractivity contribution in [3.8, 4) is 5.75 Å². The van der Waals surface area contributed by atoms with Crippen molar-refractivity contribution < 1.29 is 24.7 Å². The number of carbonyl (C=O) groups excluding carboxylic acids is 1. The van der Waals surface area contributed by atoms with E-state index in [1.165, 1.54) is 0 Å². The number of carbonyl (C=O) groups is 2. The lowest BCUT2D eigenvalue weighted by atomic mass is 10.1. The Morgan fingerprint density at radius 3 is 2.55 bits per heavy atom. The molecule has 1 aromatic rings. The summed E-state index contributed by atoms with van der Waals surface area (Å²) >= 11 is 0. The van der Waals surface area contributed by atoms with E-state index in [2.05, 4.69) is 5.32 Å². The Labute approximate surface area is 114 Å². The lowest BCUT2D eigenvalue weighted by Crippen LogP contribution is -2.40. The molecule has 0 spiro atoms. The van der Waals surface area contributed by atoms with E-state index in [1.54, 1.807) is 6.92 Å². The van der Waals surface area contributed by atoms with E-state index < -0.39 is 34.3 Å². The molecule has 0 saturated heterocycles. The summed E-state index contributed by atoms with van der Waals surface area (Å²) in [5.41, 5.74) is -0.569. The molecule has 0 aliphatic carbocycles. The van der Waals surface area contributed by atoms with Crippen LogP contribution in [0.3, 0.4) is 0 Å². The smallest absolute Gasteiger partial charge is 0.326 e. The number of nitro benzene ring substituents is 1. The van der Waals surface area contributed by atoms with Gasteiger partial charge in [0.15, 0.2) is 5.75 Å². The first-order chi connectivity index (χ1) is 9.36. The van der Waals surface area contributed by atoms with E-state index in [0.717, 1.165) is 18.2 Å². The molecule has 0 aromatic heterocycles. The highest BCUT2D eigenvalue weighted by molar-refractivity contribution is 5.97. The number of nitro groups is 1. The predicted molar refractivity (Wildman–Crippen MR) is 68.6 cm³/mol. The van der Waals surface area contributed by atoms with Crippen molar-refractivity contribution in [2.75, 3.05) is 0 Å². The molecule has 0 aliphatic heterocycles. The first-order valence-electron chi connectivity index (χ1n) is 5.87. The van der Waals surface area contributed by atoms with Crippen molar-refractivity contribution in [2.24, 2.45) is 0 Å². The van der Waals surface area contributed by atoms with E-state index in [4.69, 9.17) is 5.11 Å². The standard InChI is InChI=1S/C12H14N2O6/c1-2-3-8(12(17)18)13-11(16)7-4-5-9(14(19)20)10(15)6-7/h4-6,8,15H,2-3H2,1H3,(H,13,16)(H,17,18). The van der Waals surface area contributed by atoms with Gasteiger partial charge < -0.3 is 15.5 Å². The lowest BCUT2D eigenvalue weighted by Gasteiger charge is -2.13. The quantitative estimate of drug-likeness (QED) is 0.532. The maximum Gasteiger partial charge on any atom is 0.326 e. The Balaban J connectivity index is 2.90. The van der Waals surface area contributed by atoms with Gasteiger partial charge in [-0.15, -0.1) is 0 Å². The van der Waals surface area contributed by atoms with Crippen LogP contribution in [0.4, 0.5) is 5.69 Å². The zero-order valence-corrected chi connectivity index (χ0v) is 10.7. The molecule has 20 heavy (non-hydrogen) atoms. The van der Waals surface area contributed by atoms with Gasteiger partial charge in [-0.25, -0.2) is 4.79 Å². The number of carboxylic acid groups (broad SMARTS) is 1. The van der Waals surface area contributed by atoms with Gasteiger partial charge in [0.05, 0.1) is 4.92 Å². The van der Waals surface area contributed by atoms with Crippen LogP contribution in [-0.4, -0.2) is 33.1 Å². The number of amides is 1. The fourth-order valence-electron chi connectivity index (χ4n) is 1.61. The molecular weight excluding hydrogens is 268 g/mol. The monoisotopic (exact) mass is 282 g/mol. The Morgan fingerprint density at radius 2 is 2.10 bits per heavy atom. The van der Waals surface area contributed by atoms with Gasteiger partial charge in [0, 0.05) is 11.6 Å². The van der Waals surface area contributed by atoms with Crippen molar-refractivity contribution in [1.82, 2.24) is 5.32 Å². The minimum absolute atomic E-state index is 0.0459. The molecule has 8 heteroatoms. The number of phenols is 1. The van der Waals surface area contributed by atoms with Gasteiger partial charge in [0.1, 0.15) is 6.04 Å². The summed E-state index contributed by atoms with van der Waals surface area (Å²) in [5, 5.41) is 31.2. The van der Waals surface area contributed by atoms with E-state index in [-0.39, 0.29) is 12.0 Å². The second kappa shape index (κ2) is 6.50. The maximum atomic E-state index is 11.8. The molecule has 1 rings (SSSR count). The number of phenolic OH excluding ortho intramolecular Hbond substituents is 1. The topological polar surface area (TPSA) is 130 Å². The molecule has 0 heterocycles. The fourth-order valence-corrected chi connectivity index (χ4v) is 1.61. The van der Waals surface area contributed by atoms with E-state index >= 15 is 0 Å². The highest BCUT2D eigenvalue weighted by Gasteiger charge is 2.21. The van der Waals surface area contributed by atoms with Gasteiger partial charge in [-0.3, -0.25) is 14.9 Å². The molecule has 8 nitrogen and oxygen atoms in total. The molecule has 0 saturated carbocycles. The fraction of sp³-hybridized carbons (Fsp3) is 0.333. The number of hydrogen-bond acceptors (Lipinski definition) is 5. The van der Waals surface area contributed by atoms with Gasteiger partial charge in [0.2, 0.25) is 0 Å². The van der Waals surface area contributed by atoms with Crippen LogP contribution >= 0.6 is 0 Å². The van der Waals surface area contributed by atoms with Crippen LogP contribution in [0, 0.1) is 10.1 Å². The molecule has 3 N–H and O–H groups in total. The van der Waals surface area contributed by atoms with Gasteiger partial charge in [-0.05, 0) is 18.6 Å². The zero-order valence-electron chi connectivity index (χ0n) is 10.7. The number of benzene rings is 1. The van der Waals surface area contributed by atoms with Crippen molar-refractivity contribution in [1.29, 1.82) is 0 Å². The molecule has 108 valence electrons. The number of aliphatic carboxylic acids is 1. The largest absolute Gasteiger partial charge is 0.502 e. The Hall–Kier alpha value is -2.64. The van der Waals surface area contributed by atoms with Crippen LogP contribution in [0.15, 0.2) is 18.2 Å². The average molecular weight is 282 g/mol. The number of hydrogen-bond donors (Lipinski definition) is 3. The van der Waals surface area contributed by atoms with Crippen molar-refractivity contribution in [3.05, 3.63) is 33.9 Å². The Bertz CT molecular complexity index is 543. The van der Waals surface area contributed by atoms with Crippen LogP contribution in [-0.2, 0) is 4.79 Å². The summed E-state index contributed by atoms with van der Waals surface area (Å²) in [6.45, 7) is 1.78. The second-order valence-corrected chi connectivity index (χ2v) is 4.11. The highest BCUT2D eigenvalue weighted by atomic mass is 16.6. The van der Waals surface area contributed by atoms with Crippen LogP contribution in [0.2, 0.25) is 0 Å². The number of rotatable bonds is 6. The van der Waals surface area contributed by atoms with Crippen LogP contribution in [0.1, 0.15) is 30.1 Å². The van der Waals surface area contributed by atoms with Crippen molar-refractivity contribution >= 4 is 17.6 Å². The summed E-state index contributed by atoms with van der Waals surface area (Å²) in [6.07, 6.45) is 0.836. The Kier molecular flexibility index (Phi) is 5.01. The molecule has 1 unspecified atom stereocenters.